The molecule has 8 heteroatoms. The van der Waals surface area contributed by atoms with Gasteiger partial charge in [-0.25, -0.2) is 4.98 Å². The number of hydrogen-bond acceptors (Lipinski definition) is 4. The molecule has 1 aliphatic rings. The van der Waals surface area contributed by atoms with E-state index in [1.807, 2.05) is 10.5 Å². The van der Waals surface area contributed by atoms with Crippen LogP contribution in [0.3, 0.4) is 0 Å². The van der Waals surface area contributed by atoms with Gasteiger partial charge in [0.2, 0.25) is 11.8 Å². The number of carbonyl (C=O) groups is 2. The number of imidazole rings is 1. The second-order valence-corrected chi connectivity index (χ2v) is 6.59. The average Bonchev–Trinajstić information content (AvgIpc) is 3.23. The highest BCUT2D eigenvalue weighted by atomic mass is 35.5. The lowest BCUT2D eigenvalue weighted by atomic mass is 10.1. The third-order valence-electron chi connectivity index (χ3n) is 4.45. The lowest BCUT2D eigenvalue weighted by Crippen LogP contribution is -2.32. The molecule has 2 amide bonds. The normalized spacial score (nSPS) is 17.0. The van der Waals surface area contributed by atoms with Gasteiger partial charge in [0.25, 0.3) is 0 Å². The summed E-state index contributed by atoms with van der Waals surface area (Å²) in [6.45, 7) is 0.688. The van der Waals surface area contributed by atoms with Gasteiger partial charge in [-0.2, -0.15) is 0 Å². The molecular formula is C18H16ClN5O2. The molecule has 1 unspecified atom stereocenters. The van der Waals surface area contributed by atoms with Crippen molar-refractivity contribution >= 4 is 34.7 Å². The fraction of sp³-hybridized carbons (Fsp3) is 0.222. The summed E-state index contributed by atoms with van der Waals surface area (Å²) in [5.74, 6) is -0.609. The number of amides is 2. The van der Waals surface area contributed by atoms with Crippen LogP contribution in [-0.4, -0.2) is 32.7 Å². The van der Waals surface area contributed by atoms with Gasteiger partial charge in [-0.3, -0.25) is 19.0 Å². The van der Waals surface area contributed by atoms with Gasteiger partial charge in [0.15, 0.2) is 5.65 Å². The molecule has 3 aromatic rings. The highest BCUT2D eigenvalue weighted by Gasteiger charge is 2.35. The van der Waals surface area contributed by atoms with Crippen molar-refractivity contribution < 1.29 is 9.59 Å². The van der Waals surface area contributed by atoms with E-state index in [-0.39, 0.29) is 24.2 Å². The highest BCUT2D eigenvalue weighted by molar-refractivity contribution is 6.31. The predicted octanol–water partition coefficient (Wildman–Crippen LogP) is 2.05. The predicted molar refractivity (Wildman–Crippen MR) is 96.7 cm³/mol. The van der Waals surface area contributed by atoms with Crippen LogP contribution in [0.15, 0.2) is 49.1 Å². The minimum absolute atomic E-state index is 0.0757. The zero-order chi connectivity index (χ0) is 18.1. The van der Waals surface area contributed by atoms with Gasteiger partial charge in [0.1, 0.15) is 0 Å². The molecule has 1 aliphatic heterocycles. The van der Waals surface area contributed by atoms with E-state index in [2.05, 4.69) is 15.3 Å². The van der Waals surface area contributed by atoms with Crippen LogP contribution in [-0.2, 0) is 16.1 Å². The van der Waals surface area contributed by atoms with E-state index >= 15 is 0 Å². The van der Waals surface area contributed by atoms with Gasteiger partial charge in [-0.15, -0.1) is 0 Å². The lowest BCUT2D eigenvalue weighted by molar-refractivity contribution is -0.126. The molecule has 0 bridgehead atoms. The first-order chi connectivity index (χ1) is 12.6. The Kier molecular flexibility index (Phi) is 4.30. The number of rotatable bonds is 4. The molecule has 0 saturated carbocycles. The van der Waals surface area contributed by atoms with E-state index in [0.29, 0.717) is 23.8 Å². The largest absolute Gasteiger partial charge is 0.350 e. The number of benzene rings is 1. The van der Waals surface area contributed by atoms with Gasteiger partial charge in [-0.1, -0.05) is 17.7 Å². The van der Waals surface area contributed by atoms with Crippen LogP contribution < -0.4 is 10.2 Å². The van der Waals surface area contributed by atoms with E-state index in [9.17, 15) is 9.59 Å². The lowest BCUT2D eigenvalue weighted by Gasteiger charge is -2.17. The summed E-state index contributed by atoms with van der Waals surface area (Å²) in [4.78, 5) is 34.7. The van der Waals surface area contributed by atoms with Crippen molar-refractivity contribution in [3.05, 3.63) is 59.8 Å². The van der Waals surface area contributed by atoms with E-state index in [1.165, 1.54) is 0 Å². The van der Waals surface area contributed by atoms with Crippen LogP contribution in [0.4, 0.5) is 5.69 Å². The van der Waals surface area contributed by atoms with E-state index in [1.54, 1.807) is 47.9 Å². The van der Waals surface area contributed by atoms with E-state index in [0.717, 1.165) is 11.3 Å². The zero-order valence-electron chi connectivity index (χ0n) is 13.8. The molecule has 0 spiro atoms. The second kappa shape index (κ2) is 6.76. The Hall–Kier alpha value is -2.93. The smallest absolute Gasteiger partial charge is 0.227 e. The van der Waals surface area contributed by atoms with Crippen molar-refractivity contribution in [1.82, 2.24) is 19.7 Å². The first-order valence-electron chi connectivity index (χ1n) is 8.21. The molecule has 7 nitrogen and oxygen atoms in total. The minimum atomic E-state index is -0.387. The third kappa shape index (κ3) is 3.13. The fourth-order valence-corrected chi connectivity index (χ4v) is 3.31. The van der Waals surface area contributed by atoms with Crippen molar-refractivity contribution in [3.63, 3.8) is 0 Å². The van der Waals surface area contributed by atoms with Gasteiger partial charge in [-0.05, 0) is 18.2 Å². The van der Waals surface area contributed by atoms with Crippen LogP contribution in [0.1, 0.15) is 12.1 Å². The molecule has 1 fully saturated rings. The van der Waals surface area contributed by atoms with Crippen LogP contribution in [0.5, 0.6) is 0 Å². The van der Waals surface area contributed by atoms with Gasteiger partial charge in [0.05, 0.1) is 30.6 Å². The molecule has 26 heavy (non-hydrogen) atoms. The molecular weight excluding hydrogens is 354 g/mol. The minimum Gasteiger partial charge on any atom is -0.350 e. The molecule has 132 valence electrons. The zero-order valence-corrected chi connectivity index (χ0v) is 14.6. The van der Waals surface area contributed by atoms with Crippen molar-refractivity contribution in [3.8, 4) is 0 Å². The molecule has 2 aromatic heterocycles. The maximum atomic E-state index is 12.5. The summed E-state index contributed by atoms with van der Waals surface area (Å²) >= 11 is 5.99. The van der Waals surface area contributed by atoms with Crippen LogP contribution in [0.2, 0.25) is 5.02 Å². The summed E-state index contributed by atoms with van der Waals surface area (Å²) in [7, 11) is 0. The molecule has 0 radical (unpaired) electrons. The monoisotopic (exact) mass is 369 g/mol. The Labute approximate surface area is 154 Å². The van der Waals surface area contributed by atoms with Crippen LogP contribution >= 0.6 is 11.6 Å². The summed E-state index contributed by atoms with van der Waals surface area (Å²) in [5, 5.41) is 3.46. The van der Waals surface area contributed by atoms with Crippen molar-refractivity contribution in [2.75, 3.05) is 11.4 Å². The topological polar surface area (TPSA) is 79.6 Å². The SMILES string of the molecule is O=C(NCc1cnc2cnccn12)C1CC(=O)N(c2cccc(Cl)c2)C1. The van der Waals surface area contributed by atoms with E-state index in [4.69, 9.17) is 11.6 Å². The second-order valence-electron chi connectivity index (χ2n) is 6.16. The first kappa shape index (κ1) is 16.5. The molecule has 1 aromatic carbocycles. The Morgan fingerprint density at radius 2 is 2.23 bits per heavy atom. The van der Waals surface area contributed by atoms with Crippen molar-refractivity contribution in [2.24, 2.45) is 5.92 Å². The van der Waals surface area contributed by atoms with Crippen LogP contribution in [0, 0.1) is 5.92 Å². The van der Waals surface area contributed by atoms with Gasteiger partial charge >= 0.3 is 0 Å². The number of hydrogen-bond donors (Lipinski definition) is 1. The quantitative estimate of drug-likeness (QED) is 0.763. The van der Waals surface area contributed by atoms with Crippen molar-refractivity contribution in [1.29, 1.82) is 0 Å². The maximum absolute atomic E-state index is 12.5. The first-order valence-corrected chi connectivity index (χ1v) is 8.59. The average molecular weight is 370 g/mol. The van der Waals surface area contributed by atoms with E-state index < -0.39 is 0 Å². The molecule has 1 N–H and O–H groups in total. The number of nitrogens with zero attached hydrogens (tertiary/aromatic N) is 4. The molecule has 1 atom stereocenters. The Balaban J connectivity index is 1.42. The number of anilines is 1. The summed E-state index contributed by atoms with van der Waals surface area (Å²) < 4.78 is 1.87. The van der Waals surface area contributed by atoms with Crippen molar-refractivity contribution in [2.45, 2.75) is 13.0 Å². The highest BCUT2D eigenvalue weighted by Crippen LogP contribution is 2.27. The number of carbonyl (C=O) groups excluding carboxylic acids is 2. The molecule has 1 saturated heterocycles. The van der Waals surface area contributed by atoms with Gasteiger partial charge in [0, 0.05) is 36.1 Å². The fourth-order valence-electron chi connectivity index (χ4n) is 3.12. The molecule has 3 heterocycles. The summed E-state index contributed by atoms with van der Waals surface area (Å²) in [6, 6.07) is 7.09. The number of halogens is 1. The molecule has 0 aliphatic carbocycles. The number of nitrogens with one attached hydrogen (secondary N) is 1. The summed E-state index contributed by atoms with van der Waals surface area (Å²) in [5.41, 5.74) is 2.29. The Morgan fingerprint density at radius 1 is 1.35 bits per heavy atom. The number of fused-ring (bicyclic) bond motifs is 1. The number of aromatic nitrogens is 3. The summed E-state index contributed by atoms with van der Waals surface area (Å²) in [6.07, 6.45) is 7.01. The third-order valence-corrected chi connectivity index (χ3v) is 4.69. The van der Waals surface area contributed by atoms with Gasteiger partial charge < -0.3 is 10.2 Å². The Morgan fingerprint density at radius 3 is 3.08 bits per heavy atom. The Bertz CT molecular complexity index is 986. The standard InChI is InChI=1S/C18H16ClN5O2/c19-13-2-1-3-14(7-13)24-11-12(6-17(24)25)18(26)22-9-15-8-21-16-10-20-4-5-23(15)16/h1-5,7-8,10,12H,6,9,11H2,(H,22,26). The molecule has 4 rings (SSSR count). The van der Waals surface area contributed by atoms with Crippen LogP contribution in [0.25, 0.3) is 5.65 Å². The maximum Gasteiger partial charge on any atom is 0.227 e.